The van der Waals surface area contributed by atoms with Gasteiger partial charge in [-0.3, -0.25) is 4.79 Å². The molecule has 129 valence electrons. The molecular formula is C15H11I4NNaO4. The van der Waals surface area contributed by atoms with Crippen LogP contribution in [0.5, 0.6) is 17.2 Å². The number of ether oxygens (including phenoxy) is 1. The predicted octanol–water partition coefficient (Wildman–Crippen LogP) is 4.18. The first-order valence-electron chi connectivity index (χ1n) is 6.51. The Morgan fingerprint density at radius 3 is 1.96 bits per heavy atom. The number of rotatable bonds is 5. The number of nitrogens with two attached hydrogens (primary N) is 1. The topological polar surface area (TPSA) is 92.8 Å². The molecular weight excluding hydrogens is 789 g/mol. The number of carboxylic acids is 1. The third kappa shape index (κ3) is 6.74. The number of hydrogen-bond donors (Lipinski definition) is 3. The summed E-state index contributed by atoms with van der Waals surface area (Å²) in [5, 5.41) is 18.8. The van der Waals surface area contributed by atoms with Crippen LogP contribution in [0, 0.1) is 14.3 Å². The Hall–Kier alpha value is 1.39. The molecule has 2 rings (SSSR count). The Balaban J connectivity index is 0.00000312. The van der Waals surface area contributed by atoms with E-state index in [4.69, 9.17) is 15.6 Å². The molecule has 0 unspecified atom stereocenters. The Labute approximate surface area is 221 Å². The Morgan fingerprint density at radius 1 is 1.04 bits per heavy atom. The molecule has 0 aliphatic rings. The van der Waals surface area contributed by atoms with Crippen molar-refractivity contribution in [2.24, 2.45) is 5.73 Å². The average Bonchev–Trinajstić information content (AvgIpc) is 2.48. The van der Waals surface area contributed by atoms with Gasteiger partial charge in [0.1, 0.15) is 17.5 Å². The molecule has 2 aromatic carbocycles. The fourth-order valence-electron chi connectivity index (χ4n) is 1.89. The molecule has 0 aromatic heterocycles. The van der Waals surface area contributed by atoms with E-state index in [1.807, 2.05) is 12.1 Å². The quantitative estimate of drug-likeness (QED) is 0.312. The molecule has 10 heteroatoms. The first kappa shape index (κ1) is 24.4. The summed E-state index contributed by atoms with van der Waals surface area (Å²) in [6.45, 7) is 0. The smallest absolute Gasteiger partial charge is 0.320 e. The van der Waals surface area contributed by atoms with E-state index in [0.717, 1.165) is 12.7 Å². The summed E-state index contributed by atoms with van der Waals surface area (Å²) in [5.74, 6) is 0.549. The van der Waals surface area contributed by atoms with Crippen LogP contribution in [0.15, 0.2) is 24.3 Å². The Morgan fingerprint density at radius 2 is 1.52 bits per heavy atom. The molecule has 0 heterocycles. The molecule has 25 heavy (non-hydrogen) atoms. The van der Waals surface area contributed by atoms with Gasteiger partial charge in [0, 0.05) is 29.6 Å². The van der Waals surface area contributed by atoms with Crippen LogP contribution in [0.3, 0.4) is 0 Å². The zero-order chi connectivity index (χ0) is 18.0. The van der Waals surface area contributed by atoms with Gasteiger partial charge in [-0.2, -0.15) is 0 Å². The second-order valence-electron chi connectivity index (χ2n) is 4.88. The normalized spacial score (nSPS) is 11.6. The van der Waals surface area contributed by atoms with Gasteiger partial charge in [-0.25, -0.2) is 0 Å². The van der Waals surface area contributed by atoms with E-state index in [1.165, 1.54) is 0 Å². The number of phenols is 1. The van der Waals surface area contributed by atoms with E-state index >= 15 is 0 Å². The van der Waals surface area contributed by atoms with Gasteiger partial charge >= 0.3 is 5.97 Å². The molecule has 1 atom stereocenters. The zero-order valence-corrected chi connectivity index (χ0v) is 23.5. The van der Waals surface area contributed by atoms with E-state index in [-0.39, 0.29) is 41.7 Å². The zero-order valence-electron chi connectivity index (χ0n) is 12.9. The van der Waals surface area contributed by atoms with Crippen LogP contribution in [0.1, 0.15) is 5.56 Å². The van der Waals surface area contributed by atoms with E-state index in [2.05, 4.69) is 90.4 Å². The number of carbonyl (C=O) groups is 1. The van der Waals surface area contributed by atoms with E-state index in [9.17, 15) is 9.90 Å². The number of carboxylic acid groups (broad SMARTS) is 1. The molecule has 0 fully saturated rings. The minimum absolute atomic E-state index is 0. The van der Waals surface area contributed by atoms with Crippen LogP contribution in [-0.2, 0) is 11.2 Å². The maximum atomic E-state index is 10.9. The van der Waals surface area contributed by atoms with Crippen molar-refractivity contribution in [2.75, 3.05) is 0 Å². The minimum atomic E-state index is -1.02. The first-order chi connectivity index (χ1) is 11.2. The maximum absolute atomic E-state index is 10.9. The van der Waals surface area contributed by atoms with Gasteiger partial charge in [0.05, 0.1) is 14.3 Å². The summed E-state index contributed by atoms with van der Waals surface area (Å²) in [6.07, 6.45) is 0.261. The number of halogens is 4. The Kier molecular flexibility index (Phi) is 10.6. The van der Waals surface area contributed by atoms with Crippen LogP contribution in [0.25, 0.3) is 0 Å². The van der Waals surface area contributed by atoms with Crippen molar-refractivity contribution in [1.82, 2.24) is 0 Å². The second-order valence-corrected chi connectivity index (χ2v) is 9.52. The van der Waals surface area contributed by atoms with E-state index in [1.54, 1.807) is 12.1 Å². The molecule has 4 N–H and O–H groups in total. The van der Waals surface area contributed by atoms with Crippen LogP contribution in [0.2, 0.25) is 0 Å². The predicted molar refractivity (Wildman–Crippen MR) is 131 cm³/mol. The van der Waals surface area contributed by atoms with E-state index in [0.29, 0.717) is 18.6 Å². The molecule has 5 nitrogen and oxygen atoms in total. The summed E-state index contributed by atoms with van der Waals surface area (Å²) in [6, 6.07) is 6.34. The first-order valence-corrected chi connectivity index (χ1v) is 10.8. The van der Waals surface area contributed by atoms with Crippen molar-refractivity contribution in [1.29, 1.82) is 0 Å². The maximum Gasteiger partial charge on any atom is 0.320 e. The average molecular weight is 800 g/mol. The van der Waals surface area contributed by atoms with Gasteiger partial charge in [0.25, 0.3) is 0 Å². The molecule has 0 spiro atoms. The van der Waals surface area contributed by atoms with Crippen molar-refractivity contribution in [3.63, 3.8) is 0 Å². The van der Waals surface area contributed by atoms with Gasteiger partial charge in [-0.15, -0.1) is 0 Å². The largest absolute Gasteiger partial charge is 0.506 e. The van der Waals surface area contributed by atoms with Crippen LogP contribution < -0.4 is 10.5 Å². The molecule has 0 saturated heterocycles. The summed E-state index contributed by atoms with van der Waals surface area (Å²) in [4.78, 5) is 10.9. The molecule has 0 amide bonds. The summed E-state index contributed by atoms with van der Waals surface area (Å²) in [5.41, 5.74) is 6.44. The summed E-state index contributed by atoms with van der Waals surface area (Å²) < 4.78 is 9.14. The van der Waals surface area contributed by atoms with Crippen LogP contribution >= 0.6 is 90.4 Å². The van der Waals surface area contributed by atoms with Gasteiger partial charge in [0.15, 0.2) is 5.75 Å². The van der Waals surface area contributed by atoms with Crippen molar-refractivity contribution in [3.8, 4) is 17.2 Å². The molecule has 0 aliphatic carbocycles. The van der Waals surface area contributed by atoms with Crippen LogP contribution in [-0.4, -0.2) is 51.8 Å². The van der Waals surface area contributed by atoms with Crippen molar-refractivity contribution < 1.29 is 19.7 Å². The summed E-state index contributed by atoms with van der Waals surface area (Å²) in [7, 11) is 0. The number of aromatic hydroxyl groups is 1. The number of phenolic OH excluding ortho intramolecular Hbond substituents is 1. The fourth-order valence-corrected chi connectivity index (χ4v) is 5.72. The fraction of sp³-hybridized carbons (Fsp3) is 0.133. The Bertz CT molecular complexity index is 757. The molecule has 0 saturated carbocycles. The van der Waals surface area contributed by atoms with Gasteiger partial charge in [0.2, 0.25) is 0 Å². The molecule has 0 aliphatic heterocycles. The standard InChI is InChI=1S/C15H11I4NO4.Na/c16-8-4-7(5-9(17)13(8)21)24-14-10(18)1-6(2-11(14)19)3-12(20)15(22)23;/h1-2,4-5,12,21H,3,20H2,(H,22,23);/t12-;/m0./s1. The third-order valence-electron chi connectivity index (χ3n) is 3.04. The van der Waals surface area contributed by atoms with Crippen molar-refractivity contribution in [3.05, 3.63) is 44.1 Å². The molecule has 2 aromatic rings. The van der Waals surface area contributed by atoms with Gasteiger partial charge < -0.3 is 20.7 Å². The summed E-state index contributed by atoms with van der Waals surface area (Å²) >= 11 is 8.42. The van der Waals surface area contributed by atoms with Crippen molar-refractivity contribution >= 4 is 126 Å². The number of hydrogen-bond acceptors (Lipinski definition) is 4. The van der Waals surface area contributed by atoms with E-state index < -0.39 is 12.0 Å². The minimum Gasteiger partial charge on any atom is -0.506 e. The SMILES string of the molecule is N[C@@H](Cc1cc(I)c(Oc2cc(I)c(O)c(I)c2)c(I)c1)C(=O)O.[Na]. The number of benzene rings is 2. The van der Waals surface area contributed by atoms with Gasteiger partial charge in [-0.05, 0) is 127 Å². The molecule has 1 radical (unpaired) electrons. The van der Waals surface area contributed by atoms with Crippen molar-refractivity contribution in [2.45, 2.75) is 12.5 Å². The monoisotopic (exact) mass is 800 g/mol. The third-order valence-corrected chi connectivity index (χ3v) is 6.29. The molecule has 0 bridgehead atoms. The van der Waals surface area contributed by atoms with Gasteiger partial charge in [-0.1, -0.05) is 0 Å². The second kappa shape index (κ2) is 10.8. The number of aliphatic carboxylic acids is 1. The van der Waals surface area contributed by atoms with Crippen LogP contribution in [0.4, 0.5) is 0 Å².